The number of amides is 2. The molecule has 0 unspecified atom stereocenters. The summed E-state index contributed by atoms with van der Waals surface area (Å²) in [5, 5.41) is 5.22. The van der Waals surface area contributed by atoms with Crippen molar-refractivity contribution in [3.8, 4) is 5.75 Å². The van der Waals surface area contributed by atoms with Crippen LogP contribution in [0, 0.1) is 5.82 Å². The lowest BCUT2D eigenvalue weighted by atomic mass is 10.1. The van der Waals surface area contributed by atoms with E-state index in [4.69, 9.17) is 4.74 Å². The molecule has 0 aliphatic rings. The van der Waals surface area contributed by atoms with Crippen LogP contribution in [0.5, 0.6) is 5.75 Å². The van der Waals surface area contributed by atoms with Crippen LogP contribution < -0.4 is 15.4 Å². The molecule has 2 amide bonds. The predicted molar refractivity (Wildman–Crippen MR) is 102 cm³/mol. The van der Waals surface area contributed by atoms with Gasteiger partial charge in [-0.25, -0.2) is 4.39 Å². The second-order valence-corrected chi connectivity index (χ2v) is 5.66. The van der Waals surface area contributed by atoms with Crippen molar-refractivity contribution in [1.82, 2.24) is 0 Å². The molecule has 0 fully saturated rings. The number of benzene rings is 3. The number of methoxy groups -OCH3 is 1. The van der Waals surface area contributed by atoms with Gasteiger partial charge in [0.1, 0.15) is 11.6 Å². The fourth-order valence-corrected chi connectivity index (χ4v) is 2.48. The van der Waals surface area contributed by atoms with Gasteiger partial charge in [0.05, 0.1) is 24.0 Å². The van der Waals surface area contributed by atoms with Crippen LogP contribution in [-0.4, -0.2) is 18.9 Å². The van der Waals surface area contributed by atoms with E-state index in [1.807, 2.05) is 0 Å². The van der Waals surface area contributed by atoms with Crippen molar-refractivity contribution >= 4 is 23.2 Å². The number of carbonyl (C=O) groups is 2. The summed E-state index contributed by atoms with van der Waals surface area (Å²) >= 11 is 0. The monoisotopic (exact) mass is 364 g/mol. The van der Waals surface area contributed by atoms with Crippen molar-refractivity contribution in [2.75, 3.05) is 17.7 Å². The lowest BCUT2D eigenvalue weighted by molar-refractivity contribution is 0.102. The van der Waals surface area contributed by atoms with Gasteiger partial charge in [-0.15, -0.1) is 0 Å². The fourth-order valence-electron chi connectivity index (χ4n) is 2.48. The zero-order chi connectivity index (χ0) is 19.2. The van der Waals surface area contributed by atoms with Crippen LogP contribution in [0.3, 0.4) is 0 Å². The zero-order valence-electron chi connectivity index (χ0n) is 14.5. The molecule has 0 atom stereocenters. The molecular formula is C21H17FN2O3. The van der Waals surface area contributed by atoms with E-state index < -0.39 is 11.7 Å². The summed E-state index contributed by atoms with van der Waals surface area (Å²) in [5.41, 5.74) is 1.04. The Hall–Kier alpha value is -3.67. The van der Waals surface area contributed by atoms with Crippen molar-refractivity contribution in [2.45, 2.75) is 0 Å². The standard InChI is InChI=1S/C21H17FN2O3/c1-27-15-12-10-14(11-13-15)20(25)23-18-8-4-2-6-16(18)21(26)24-19-9-5-3-7-17(19)22/h2-13H,1H3,(H,23,25)(H,24,26). The number of anilines is 2. The zero-order valence-corrected chi connectivity index (χ0v) is 14.5. The Kier molecular flexibility index (Phi) is 5.47. The summed E-state index contributed by atoms with van der Waals surface area (Å²) in [6, 6.07) is 19.0. The van der Waals surface area contributed by atoms with Crippen molar-refractivity contribution in [2.24, 2.45) is 0 Å². The van der Waals surface area contributed by atoms with Crippen LogP contribution in [0.2, 0.25) is 0 Å². The van der Waals surface area contributed by atoms with Gasteiger partial charge in [-0.2, -0.15) is 0 Å². The molecule has 3 aromatic carbocycles. The molecule has 0 saturated heterocycles. The molecule has 0 bridgehead atoms. The van der Waals surface area contributed by atoms with Gasteiger partial charge in [0.2, 0.25) is 0 Å². The minimum atomic E-state index is -0.536. The van der Waals surface area contributed by atoms with Crippen LogP contribution in [0.25, 0.3) is 0 Å². The normalized spacial score (nSPS) is 10.1. The van der Waals surface area contributed by atoms with Crippen molar-refractivity contribution < 1.29 is 18.7 Å². The summed E-state index contributed by atoms with van der Waals surface area (Å²) in [4.78, 5) is 25.0. The van der Waals surface area contributed by atoms with E-state index in [2.05, 4.69) is 10.6 Å². The molecule has 5 nitrogen and oxygen atoms in total. The first-order valence-electron chi connectivity index (χ1n) is 8.19. The highest BCUT2D eigenvalue weighted by Gasteiger charge is 2.15. The van der Waals surface area contributed by atoms with Gasteiger partial charge in [-0.1, -0.05) is 24.3 Å². The van der Waals surface area contributed by atoms with E-state index >= 15 is 0 Å². The first-order valence-corrected chi connectivity index (χ1v) is 8.19. The highest BCUT2D eigenvalue weighted by molar-refractivity contribution is 6.12. The van der Waals surface area contributed by atoms with Gasteiger partial charge in [0.15, 0.2) is 0 Å². The molecule has 136 valence electrons. The third-order valence-corrected chi connectivity index (χ3v) is 3.89. The maximum absolute atomic E-state index is 13.8. The number of carbonyl (C=O) groups excluding carboxylic acids is 2. The van der Waals surface area contributed by atoms with Crippen LogP contribution in [-0.2, 0) is 0 Å². The Bertz CT molecular complexity index is 971. The lowest BCUT2D eigenvalue weighted by Gasteiger charge is -2.12. The Morgan fingerprint density at radius 2 is 1.37 bits per heavy atom. The smallest absolute Gasteiger partial charge is 0.257 e. The molecule has 0 aromatic heterocycles. The fraction of sp³-hybridized carbons (Fsp3) is 0.0476. The van der Waals surface area contributed by atoms with E-state index in [1.165, 1.54) is 18.2 Å². The summed E-state index contributed by atoms with van der Waals surface area (Å²) in [6.45, 7) is 0. The van der Waals surface area contributed by atoms with E-state index in [-0.39, 0.29) is 17.2 Å². The van der Waals surface area contributed by atoms with Gasteiger partial charge in [0.25, 0.3) is 11.8 Å². The maximum atomic E-state index is 13.8. The molecular weight excluding hydrogens is 347 g/mol. The minimum Gasteiger partial charge on any atom is -0.497 e. The number of nitrogens with one attached hydrogen (secondary N) is 2. The van der Waals surface area contributed by atoms with Crippen LogP contribution >= 0.6 is 0 Å². The quantitative estimate of drug-likeness (QED) is 0.708. The van der Waals surface area contributed by atoms with Gasteiger partial charge < -0.3 is 15.4 Å². The number of hydrogen-bond donors (Lipinski definition) is 2. The Balaban J connectivity index is 1.79. The summed E-state index contributed by atoms with van der Waals surface area (Å²) in [6.07, 6.45) is 0. The molecule has 3 aromatic rings. The molecule has 0 aliphatic carbocycles. The van der Waals surface area contributed by atoms with Crippen molar-refractivity contribution in [1.29, 1.82) is 0 Å². The number of para-hydroxylation sites is 2. The van der Waals surface area contributed by atoms with Crippen LogP contribution in [0.15, 0.2) is 72.8 Å². The van der Waals surface area contributed by atoms with E-state index in [9.17, 15) is 14.0 Å². The molecule has 0 aliphatic heterocycles. The second kappa shape index (κ2) is 8.14. The third-order valence-electron chi connectivity index (χ3n) is 3.89. The topological polar surface area (TPSA) is 67.4 Å². The molecule has 0 saturated carbocycles. The van der Waals surface area contributed by atoms with Crippen molar-refractivity contribution in [3.63, 3.8) is 0 Å². The van der Waals surface area contributed by atoms with Crippen LogP contribution in [0.1, 0.15) is 20.7 Å². The van der Waals surface area contributed by atoms with Gasteiger partial charge in [0, 0.05) is 5.56 Å². The van der Waals surface area contributed by atoms with Crippen molar-refractivity contribution in [3.05, 3.63) is 89.7 Å². The Morgan fingerprint density at radius 3 is 2.04 bits per heavy atom. The summed E-state index contributed by atoms with van der Waals surface area (Å²) < 4.78 is 18.8. The first kappa shape index (κ1) is 18.1. The molecule has 2 N–H and O–H groups in total. The van der Waals surface area contributed by atoms with E-state index in [0.717, 1.165) is 0 Å². The van der Waals surface area contributed by atoms with Gasteiger partial charge >= 0.3 is 0 Å². The molecule has 6 heteroatoms. The lowest BCUT2D eigenvalue weighted by Crippen LogP contribution is -2.18. The maximum Gasteiger partial charge on any atom is 0.257 e. The summed E-state index contributed by atoms with van der Waals surface area (Å²) in [5.74, 6) is -0.795. The molecule has 3 rings (SSSR count). The molecule has 27 heavy (non-hydrogen) atoms. The summed E-state index contributed by atoms with van der Waals surface area (Å²) in [7, 11) is 1.54. The molecule has 0 radical (unpaired) electrons. The van der Waals surface area contributed by atoms with E-state index in [0.29, 0.717) is 17.0 Å². The first-order chi connectivity index (χ1) is 13.1. The molecule has 0 spiro atoms. The number of halogens is 1. The van der Waals surface area contributed by atoms with Gasteiger partial charge in [-0.3, -0.25) is 9.59 Å². The predicted octanol–water partition coefficient (Wildman–Crippen LogP) is 4.34. The average molecular weight is 364 g/mol. The van der Waals surface area contributed by atoms with Gasteiger partial charge in [-0.05, 0) is 48.5 Å². The Morgan fingerprint density at radius 1 is 0.778 bits per heavy atom. The average Bonchev–Trinajstić information content (AvgIpc) is 2.70. The van der Waals surface area contributed by atoms with Crippen LogP contribution in [0.4, 0.5) is 15.8 Å². The number of ether oxygens (including phenoxy) is 1. The van der Waals surface area contributed by atoms with E-state index in [1.54, 1.807) is 61.7 Å². The second-order valence-electron chi connectivity index (χ2n) is 5.66. The molecule has 0 heterocycles. The number of hydrogen-bond acceptors (Lipinski definition) is 3. The number of rotatable bonds is 5. The highest BCUT2D eigenvalue weighted by atomic mass is 19.1. The Labute approximate surface area is 155 Å². The largest absolute Gasteiger partial charge is 0.497 e. The third kappa shape index (κ3) is 4.30. The minimum absolute atomic E-state index is 0.0683. The SMILES string of the molecule is COc1ccc(C(=O)Nc2ccccc2C(=O)Nc2ccccc2F)cc1. The highest BCUT2D eigenvalue weighted by Crippen LogP contribution is 2.20.